The second-order valence-electron chi connectivity index (χ2n) is 14.6. The third-order valence-corrected chi connectivity index (χ3v) is 12.7. The molecule has 0 fully saturated rings. The van der Waals surface area contributed by atoms with Crippen LogP contribution in [0, 0.1) is 5.92 Å². The number of hydrogen-bond acceptors (Lipinski definition) is 9. The van der Waals surface area contributed by atoms with E-state index in [-0.39, 0.29) is 29.0 Å². The molecule has 12 nitrogen and oxygen atoms in total. The van der Waals surface area contributed by atoms with Crippen molar-refractivity contribution in [3.63, 3.8) is 0 Å². The van der Waals surface area contributed by atoms with E-state index in [1.807, 2.05) is 56.4 Å². The van der Waals surface area contributed by atoms with Gasteiger partial charge in [0.15, 0.2) is 23.4 Å². The zero-order valence-corrected chi connectivity index (χ0v) is 29.8. The number of benzene rings is 4. The number of nitrogens with zero attached hydrogens (tertiary/aromatic N) is 2. The molecule has 0 aliphatic carbocycles. The first-order chi connectivity index (χ1) is 26.2. The van der Waals surface area contributed by atoms with E-state index < -0.39 is 39.7 Å². The molecule has 11 rings (SSSR count). The fourth-order valence-electron chi connectivity index (χ4n) is 8.69. The highest BCUT2D eigenvalue weighted by Gasteiger charge is 2.61. The van der Waals surface area contributed by atoms with Gasteiger partial charge in [-0.25, -0.2) is 18.4 Å². The van der Waals surface area contributed by atoms with E-state index in [1.54, 1.807) is 24.4 Å². The monoisotopic (exact) mass is 736 g/mol. The zero-order valence-electron chi connectivity index (χ0n) is 29.0. The Morgan fingerprint density at radius 1 is 0.907 bits per heavy atom. The summed E-state index contributed by atoms with van der Waals surface area (Å²) in [6.45, 7) is 3.89. The molecule has 7 aromatic rings. The Balaban J connectivity index is 1.20. The second-order valence-corrected chi connectivity index (χ2v) is 16.3. The van der Waals surface area contributed by atoms with Gasteiger partial charge in [0.2, 0.25) is 27.7 Å². The minimum Gasteiger partial charge on any atom is -0.469 e. The predicted molar refractivity (Wildman–Crippen MR) is 199 cm³/mol. The van der Waals surface area contributed by atoms with E-state index in [1.165, 1.54) is 12.1 Å². The van der Waals surface area contributed by atoms with Crippen LogP contribution in [0.3, 0.4) is 0 Å². The number of fused-ring (bicyclic) bond motifs is 7. The van der Waals surface area contributed by atoms with Crippen LogP contribution >= 0.6 is 0 Å². The molecule has 268 valence electrons. The van der Waals surface area contributed by atoms with Gasteiger partial charge in [-0.3, -0.25) is 4.79 Å². The van der Waals surface area contributed by atoms with Crippen molar-refractivity contribution >= 4 is 32.5 Å². The third kappa shape index (κ3) is 4.21. The molecule has 0 radical (unpaired) electrons. The zero-order chi connectivity index (χ0) is 36.5. The highest BCUT2D eigenvalue weighted by Crippen LogP contribution is 2.61. The molecule has 13 heteroatoms. The van der Waals surface area contributed by atoms with Crippen LogP contribution in [0.15, 0.2) is 111 Å². The van der Waals surface area contributed by atoms with Crippen molar-refractivity contribution < 1.29 is 26.8 Å². The SMILES string of the molecule is CC(C)[C@@H]1NC(=O)[C@@H](NS(=O)(=O)c2ccccc2)Cc2ccc3c(c2)[C@]24c5cccc(c5NC2O3)-c2cccc3[nH]cc(c23)-c2cnc(o2)-c2nc1oc24. The summed E-state index contributed by atoms with van der Waals surface area (Å²) in [7, 11) is -4.08. The van der Waals surface area contributed by atoms with E-state index in [2.05, 4.69) is 38.5 Å². The number of aromatic amines is 1. The van der Waals surface area contributed by atoms with Crippen LogP contribution in [-0.2, 0) is 26.7 Å². The summed E-state index contributed by atoms with van der Waals surface area (Å²) in [4.78, 5) is 27.7. The van der Waals surface area contributed by atoms with Gasteiger partial charge in [0, 0.05) is 45.0 Å². The number of rotatable bonds is 4. The first-order valence-corrected chi connectivity index (χ1v) is 19.3. The first kappa shape index (κ1) is 31.4. The standard InChI is InChI=1S/C41H32N6O6S/c1-20(2)33-39-45-35-36(53-39)41-26-12-6-11-24(23-10-7-13-28-32(23)25(18-42-28)31-19-43-38(35)51-31)34(26)46-40(41)52-30-15-14-21(16-27(30)41)17-29(37(48)44-33)47-54(49,50)22-8-4-3-5-9-22/h3-16,18-20,29,33,40,42,46-47H,17H2,1-2H3,(H,44,48)/t29-,33-,40?,41-/m0/s1. The summed E-state index contributed by atoms with van der Waals surface area (Å²) in [6.07, 6.45) is 3.03. The normalized spacial score (nSPS) is 21.8. The number of oxazole rings is 2. The molecule has 3 aromatic heterocycles. The van der Waals surface area contributed by atoms with E-state index in [4.69, 9.17) is 23.5 Å². The van der Waals surface area contributed by atoms with Crippen molar-refractivity contribution in [3.05, 3.63) is 126 Å². The second kappa shape index (κ2) is 10.9. The quantitative estimate of drug-likeness (QED) is 0.155. The van der Waals surface area contributed by atoms with Gasteiger partial charge in [-0.15, -0.1) is 0 Å². The van der Waals surface area contributed by atoms with E-state index in [0.717, 1.165) is 50.0 Å². The number of amides is 1. The van der Waals surface area contributed by atoms with Crippen molar-refractivity contribution in [2.45, 2.75) is 48.9 Å². The first-order valence-electron chi connectivity index (χ1n) is 17.9. The minimum atomic E-state index is -4.08. The average Bonchev–Trinajstić information content (AvgIpc) is 4.00. The molecule has 7 heterocycles. The average molecular weight is 737 g/mol. The van der Waals surface area contributed by atoms with Crippen molar-refractivity contribution in [3.8, 4) is 39.8 Å². The summed E-state index contributed by atoms with van der Waals surface area (Å²) < 4.78 is 50.5. The lowest BCUT2D eigenvalue weighted by molar-refractivity contribution is -0.124. The number of carbonyl (C=O) groups excluding carboxylic acids is 1. The number of anilines is 1. The number of sulfonamides is 1. The van der Waals surface area contributed by atoms with Gasteiger partial charge in [0.25, 0.3) is 0 Å². The minimum absolute atomic E-state index is 0.0599. The molecule has 4 N–H and O–H groups in total. The Kier molecular flexibility index (Phi) is 6.35. The van der Waals surface area contributed by atoms with Crippen molar-refractivity contribution in [2.24, 2.45) is 5.92 Å². The molecule has 0 saturated carbocycles. The van der Waals surface area contributed by atoms with Crippen molar-refractivity contribution in [1.82, 2.24) is 25.0 Å². The molecule has 1 amide bonds. The van der Waals surface area contributed by atoms with Crippen molar-refractivity contribution in [2.75, 3.05) is 5.32 Å². The van der Waals surface area contributed by atoms with Crippen LogP contribution < -0.4 is 20.1 Å². The number of hydrogen-bond donors (Lipinski definition) is 4. The number of aromatic nitrogens is 3. The lowest BCUT2D eigenvalue weighted by Crippen LogP contribution is -2.49. The third-order valence-electron chi connectivity index (χ3n) is 11.2. The number of carbonyl (C=O) groups is 1. The number of H-pyrrole nitrogens is 1. The van der Waals surface area contributed by atoms with Gasteiger partial charge in [0.05, 0.1) is 11.1 Å². The molecular weight excluding hydrogens is 705 g/mol. The Bertz CT molecular complexity index is 2820. The van der Waals surface area contributed by atoms with Crippen LogP contribution in [0.25, 0.3) is 44.9 Å². The van der Waals surface area contributed by atoms with Gasteiger partial charge < -0.3 is 29.2 Å². The van der Waals surface area contributed by atoms with Gasteiger partial charge in [-0.05, 0) is 47.7 Å². The molecule has 4 aliphatic heterocycles. The predicted octanol–water partition coefficient (Wildman–Crippen LogP) is 6.65. The summed E-state index contributed by atoms with van der Waals surface area (Å²) in [5, 5.41) is 7.84. The smallest absolute Gasteiger partial charge is 0.249 e. The molecule has 4 atom stereocenters. The van der Waals surface area contributed by atoms with Gasteiger partial charge in [-0.2, -0.15) is 4.72 Å². The maximum atomic E-state index is 14.3. The van der Waals surface area contributed by atoms with Crippen LogP contribution in [-0.4, -0.2) is 41.5 Å². The van der Waals surface area contributed by atoms with Gasteiger partial charge in [0.1, 0.15) is 23.2 Å². The molecule has 0 saturated heterocycles. The fourth-order valence-corrected chi connectivity index (χ4v) is 9.91. The molecule has 4 aromatic carbocycles. The van der Waals surface area contributed by atoms with E-state index in [0.29, 0.717) is 23.0 Å². The van der Waals surface area contributed by atoms with Crippen molar-refractivity contribution in [1.29, 1.82) is 0 Å². The van der Waals surface area contributed by atoms with Crippen LogP contribution in [0.4, 0.5) is 5.69 Å². The van der Waals surface area contributed by atoms with Crippen LogP contribution in [0.2, 0.25) is 0 Å². The van der Waals surface area contributed by atoms with E-state index >= 15 is 0 Å². The maximum absolute atomic E-state index is 14.3. The number of nitrogens with one attached hydrogen (secondary N) is 4. The maximum Gasteiger partial charge on any atom is 0.249 e. The molecule has 1 spiro atoms. The van der Waals surface area contributed by atoms with E-state index in [9.17, 15) is 13.2 Å². The molecule has 1 unspecified atom stereocenters. The molecular formula is C41H32N6O6S. The lowest BCUT2D eigenvalue weighted by Gasteiger charge is -2.28. The lowest BCUT2D eigenvalue weighted by atomic mass is 9.72. The van der Waals surface area contributed by atoms with Gasteiger partial charge in [-0.1, -0.05) is 74.5 Å². The summed E-state index contributed by atoms with van der Waals surface area (Å²) >= 11 is 0. The topological polar surface area (TPSA) is 164 Å². The van der Waals surface area contributed by atoms with Gasteiger partial charge >= 0.3 is 0 Å². The molecule has 54 heavy (non-hydrogen) atoms. The highest BCUT2D eigenvalue weighted by molar-refractivity contribution is 7.89. The Labute approximate surface area is 309 Å². The van der Waals surface area contributed by atoms with Crippen LogP contribution in [0.5, 0.6) is 5.75 Å². The summed E-state index contributed by atoms with van der Waals surface area (Å²) in [5.41, 5.74) is 6.37. The molecule has 10 bridgehead atoms. The fraction of sp³-hybridized carbons (Fsp3) is 0.195. The Hall–Kier alpha value is -6.18. The number of para-hydroxylation sites is 1. The highest BCUT2D eigenvalue weighted by atomic mass is 32.2. The Morgan fingerprint density at radius 2 is 1.74 bits per heavy atom. The summed E-state index contributed by atoms with van der Waals surface area (Å²) in [5.74, 6) is 1.39. The summed E-state index contributed by atoms with van der Waals surface area (Å²) in [6, 6.07) is 24.2. The molecule has 4 aliphatic rings. The largest absolute Gasteiger partial charge is 0.469 e. The number of ether oxygens (including phenoxy) is 1. The Morgan fingerprint density at radius 3 is 2.59 bits per heavy atom. The van der Waals surface area contributed by atoms with Crippen LogP contribution in [0.1, 0.15) is 48.2 Å².